The number of nitrogens with zero attached hydrogens (tertiary/aromatic N) is 1. The Kier molecular flexibility index (Phi) is 4.01. The fourth-order valence-corrected chi connectivity index (χ4v) is 3.96. The van der Waals surface area contributed by atoms with E-state index in [1.165, 1.54) is 0 Å². The molecule has 4 aromatic rings. The minimum Gasteiger partial charge on any atom is -0.423 e. The summed E-state index contributed by atoms with van der Waals surface area (Å²) in [6.07, 6.45) is 0. The Labute approximate surface area is 164 Å². The molecule has 2 N–H and O–H groups in total. The van der Waals surface area contributed by atoms with Crippen LogP contribution in [0.3, 0.4) is 0 Å². The summed E-state index contributed by atoms with van der Waals surface area (Å²) in [7, 11) is -1.51. The van der Waals surface area contributed by atoms with Crippen LogP contribution in [-0.4, -0.2) is 17.2 Å². The summed E-state index contributed by atoms with van der Waals surface area (Å²) >= 11 is 0. The third-order valence-corrected chi connectivity index (χ3v) is 5.23. The molecule has 28 heavy (non-hydrogen) atoms. The van der Waals surface area contributed by atoms with Crippen LogP contribution in [0.2, 0.25) is 0 Å². The molecule has 4 heteroatoms. The molecule has 0 fully saturated rings. The zero-order valence-electron chi connectivity index (χ0n) is 15.2. The maximum absolute atomic E-state index is 9.74. The van der Waals surface area contributed by atoms with Gasteiger partial charge in [0, 0.05) is 16.8 Å². The fourth-order valence-electron chi connectivity index (χ4n) is 3.96. The van der Waals surface area contributed by atoms with Crippen LogP contribution < -0.4 is 10.4 Å². The molecule has 0 amide bonds. The molecule has 0 radical (unpaired) electrons. The standard InChI is InChI=1S/C24H18BNO2/c27-25(28)17-14-15-24-22(16-17)20-11-5-4-10-19(20)21-12-6-7-13-23(21)26(24)18-8-2-1-3-9-18/h1-16,27-28H. The van der Waals surface area contributed by atoms with Gasteiger partial charge < -0.3 is 14.9 Å². The number of anilines is 3. The van der Waals surface area contributed by atoms with Crippen molar-refractivity contribution in [3.05, 3.63) is 97.1 Å². The molecule has 0 saturated heterocycles. The van der Waals surface area contributed by atoms with Crippen molar-refractivity contribution >= 4 is 29.6 Å². The molecule has 1 heterocycles. The van der Waals surface area contributed by atoms with Crippen LogP contribution in [0, 0.1) is 0 Å². The smallest absolute Gasteiger partial charge is 0.423 e. The summed E-state index contributed by atoms with van der Waals surface area (Å²) in [6, 6.07) is 32.5. The summed E-state index contributed by atoms with van der Waals surface area (Å²) < 4.78 is 0. The van der Waals surface area contributed by atoms with Crippen LogP contribution in [0.1, 0.15) is 0 Å². The number of para-hydroxylation sites is 2. The second kappa shape index (κ2) is 6.68. The van der Waals surface area contributed by atoms with Crippen molar-refractivity contribution in [2.45, 2.75) is 0 Å². The van der Waals surface area contributed by atoms with Crippen LogP contribution in [0.4, 0.5) is 17.1 Å². The first-order chi connectivity index (χ1) is 13.7. The Morgan fingerprint density at radius 2 is 1.11 bits per heavy atom. The summed E-state index contributed by atoms with van der Waals surface area (Å²) in [5.41, 5.74) is 7.96. The number of fused-ring (bicyclic) bond motifs is 5. The second-order valence-corrected chi connectivity index (χ2v) is 6.88. The highest BCUT2D eigenvalue weighted by Crippen LogP contribution is 2.49. The third kappa shape index (κ3) is 2.62. The van der Waals surface area contributed by atoms with E-state index in [0.29, 0.717) is 5.46 Å². The topological polar surface area (TPSA) is 43.7 Å². The van der Waals surface area contributed by atoms with Gasteiger partial charge in [-0.15, -0.1) is 0 Å². The quantitative estimate of drug-likeness (QED) is 0.455. The molecule has 1 aliphatic rings. The molecule has 0 bridgehead atoms. The first-order valence-electron chi connectivity index (χ1n) is 9.28. The molecule has 3 nitrogen and oxygen atoms in total. The summed E-state index contributed by atoms with van der Waals surface area (Å²) in [5.74, 6) is 0. The normalized spacial score (nSPS) is 11.9. The van der Waals surface area contributed by atoms with Crippen LogP contribution in [0.25, 0.3) is 22.3 Å². The van der Waals surface area contributed by atoms with Gasteiger partial charge >= 0.3 is 7.12 Å². The van der Waals surface area contributed by atoms with E-state index in [-0.39, 0.29) is 0 Å². The predicted molar refractivity (Wildman–Crippen MR) is 115 cm³/mol. The van der Waals surface area contributed by atoms with Crippen LogP contribution in [-0.2, 0) is 0 Å². The van der Waals surface area contributed by atoms with Crippen LogP contribution >= 0.6 is 0 Å². The molecule has 4 aromatic carbocycles. The molecule has 0 saturated carbocycles. The molecule has 5 rings (SSSR count). The Bertz CT molecular complexity index is 1160. The summed E-state index contributed by atoms with van der Waals surface area (Å²) in [5, 5.41) is 19.5. The van der Waals surface area contributed by atoms with Gasteiger partial charge in [0.05, 0.1) is 11.4 Å². The molecule has 134 valence electrons. The highest BCUT2D eigenvalue weighted by Gasteiger charge is 2.26. The monoisotopic (exact) mass is 363 g/mol. The Hall–Kier alpha value is -3.34. The van der Waals surface area contributed by atoms with Gasteiger partial charge in [-0.1, -0.05) is 72.8 Å². The van der Waals surface area contributed by atoms with Gasteiger partial charge in [-0.2, -0.15) is 0 Å². The summed E-state index contributed by atoms with van der Waals surface area (Å²) in [6.45, 7) is 0. The maximum atomic E-state index is 9.74. The summed E-state index contributed by atoms with van der Waals surface area (Å²) in [4.78, 5) is 2.23. The average Bonchev–Trinajstić information content (AvgIpc) is 2.87. The first-order valence-corrected chi connectivity index (χ1v) is 9.28. The lowest BCUT2D eigenvalue weighted by molar-refractivity contribution is 0.426. The SMILES string of the molecule is OB(O)c1ccc2c(c1)-c1ccccc1-c1ccccc1N2c1ccccc1. The van der Waals surface area contributed by atoms with E-state index >= 15 is 0 Å². The van der Waals surface area contributed by atoms with Crippen LogP contribution in [0.5, 0.6) is 0 Å². The highest BCUT2D eigenvalue weighted by atomic mass is 16.4. The van der Waals surface area contributed by atoms with E-state index < -0.39 is 7.12 Å². The molecule has 0 aliphatic carbocycles. The third-order valence-electron chi connectivity index (χ3n) is 5.23. The van der Waals surface area contributed by atoms with Crippen molar-refractivity contribution in [1.29, 1.82) is 0 Å². The molecule has 1 aliphatic heterocycles. The van der Waals surface area contributed by atoms with Gasteiger partial charge in [-0.25, -0.2) is 0 Å². The Morgan fingerprint density at radius 1 is 0.536 bits per heavy atom. The largest absolute Gasteiger partial charge is 0.488 e. The van der Waals surface area contributed by atoms with E-state index in [9.17, 15) is 10.0 Å². The van der Waals surface area contributed by atoms with Crippen molar-refractivity contribution in [2.24, 2.45) is 0 Å². The van der Waals surface area contributed by atoms with Crippen LogP contribution in [0.15, 0.2) is 97.1 Å². The van der Waals surface area contributed by atoms with Crippen molar-refractivity contribution in [3.63, 3.8) is 0 Å². The van der Waals surface area contributed by atoms with Crippen molar-refractivity contribution < 1.29 is 10.0 Å². The number of benzene rings is 4. The average molecular weight is 363 g/mol. The van der Waals surface area contributed by atoms with Crippen molar-refractivity contribution in [2.75, 3.05) is 4.90 Å². The lowest BCUT2D eigenvalue weighted by Crippen LogP contribution is -2.30. The van der Waals surface area contributed by atoms with Crippen molar-refractivity contribution in [1.82, 2.24) is 0 Å². The molecular formula is C24H18BNO2. The lowest BCUT2D eigenvalue weighted by atomic mass is 9.78. The molecule has 0 aromatic heterocycles. The van der Waals surface area contributed by atoms with E-state index in [1.54, 1.807) is 6.07 Å². The highest BCUT2D eigenvalue weighted by molar-refractivity contribution is 6.58. The minimum atomic E-state index is -1.51. The molecular weight excluding hydrogens is 345 g/mol. The fraction of sp³-hybridized carbons (Fsp3) is 0. The van der Waals surface area contributed by atoms with Gasteiger partial charge in [-0.05, 0) is 40.9 Å². The first kappa shape index (κ1) is 16.8. The van der Waals surface area contributed by atoms with Gasteiger partial charge in [0.25, 0.3) is 0 Å². The van der Waals surface area contributed by atoms with E-state index in [1.807, 2.05) is 48.5 Å². The molecule has 0 unspecified atom stereocenters. The second-order valence-electron chi connectivity index (χ2n) is 6.88. The van der Waals surface area contributed by atoms with Gasteiger partial charge in [0.15, 0.2) is 0 Å². The number of hydrogen-bond donors (Lipinski definition) is 2. The molecule has 0 atom stereocenters. The number of hydrogen-bond acceptors (Lipinski definition) is 3. The molecule has 0 spiro atoms. The van der Waals surface area contributed by atoms with Gasteiger partial charge in [0.2, 0.25) is 0 Å². The lowest BCUT2D eigenvalue weighted by Gasteiger charge is -2.27. The number of rotatable bonds is 2. The van der Waals surface area contributed by atoms with E-state index in [2.05, 4.69) is 47.4 Å². The van der Waals surface area contributed by atoms with E-state index in [4.69, 9.17) is 0 Å². The van der Waals surface area contributed by atoms with Gasteiger partial charge in [-0.3, -0.25) is 0 Å². The Morgan fingerprint density at radius 3 is 1.82 bits per heavy atom. The zero-order chi connectivity index (χ0) is 19.1. The van der Waals surface area contributed by atoms with Gasteiger partial charge in [0.1, 0.15) is 0 Å². The zero-order valence-corrected chi connectivity index (χ0v) is 15.2. The predicted octanol–water partition coefficient (Wildman–Crippen LogP) is 4.48. The maximum Gasteiger partial charge on any atom is 0.488 e. The van der Waals surface area contributed by atoms with Crippen molar-refractivity contribution in [3.8, 4) is 22.3 Å². The Balaban J connectivity index is 1.90. The minimum absolute atomic E-state index is 0.479. The van der Waals surface area contributed by atoms with E-state index in [0.717, 1.165) is 39.3 Å².